The number of carbonyl (C=O) groups is 3. The summed E-state index contributed by atoms with van der Waals surface area (Å²) in [5, 5.41) is 48.8. The summed E-state index contributed by atoms with van der Waals surface area (Å²) in [6.45, 7) is 7.22. The molecule has 0 unspecified atom stereocenters. The van der Waals surface area contributed by atoms with Gasteiger partial charge < -0.3 is 29.9 Å². The summed E-state index contributed by atoms with van der Waals surface area (Å²) in [7, 11) is 0. The molecule has 8 aromatic carbocycles. The number of phenolic OH excluding ortho intramolecular Hbond substituents is 2. The van der Waals surface area contributed by atoms with Crippen LogP contribution in [0.4, 0.5) is 57.8 Å². The SMILES string of the molecule is [C-]#[N+]c1cccc(NOC=NOCc2ccc3c(N=Nc4ccc(C(=O)c5ccc(N=Nc6c(O)ccc7cc(C(=O)NC(=O)Nc8cccc(OC(F)(F)F)c8)ccc67)cc5)cc4)c(O)ccc3c2)c1. The molecule has 0 aliphatic heterocycles. The third-order valence-corrected chi connectivity index (χ3v) is 10.2. The first-order chi connectivity index (χ1) is 34.3. The van der Waals surface area contributed by atoms with E-state index in [9.17, 15) is 37.8 Å². The fourth-order valence-corrected chi connectivity index (χ4v) is 6.84. The van der Waals surface area contributed by atoms with Crippen molar-refractivity contribution in [3.8, 4) is 17.2 Å². The first-order valence-corrected chi connectivity index (χ1v) is 20.9. The van der Waals surface area contributed by atoms with Gasteiger partial charge >= 0.3 is 12.4 Å². The highest BCUT2D eigenvalue weighted by Crippen LogP contribution is 2.38. The molecule has 0 fully saturated rings. The summed E-state index contributed by atoms with van der Waals surface area (Å²) in [5.41, 5.74) is 6.33. The zero-order chi connectivity index (χ0) is 49.9. The number of halogens is 3. The monoisotopic (exact) mass is 957 g/mol. The van der Waals surface area contributed by atoms with Crippen LogP contribution >= 0.6 is 0 Å². The molecule has 0 heterocycles. The summed E-state index contributed by atoms with van der Waals surface area (Å²) < 4.78 is 41.6. The van der Waals surface area contributed by atoms with Gasteiger partial charge in [-0.3, -0.25) is 14.9 Å². The first kappa shape index (κ1) is 47.3. The highest BCUT2D eigenvalue weighted by Gasteiger charge is 2.31. The Morgan fingerprint density at radius 2 is 1.24 bits per heavy atom. The molecule has 0 saturated heterocycles. The predicted octanol–water partition coefficient (Wildman–Crippen LogP) is 13.4. The van der Waals surface area contributed by atoms with Crippen molar-refractivity contribution >= 4 is 85.5 Å². The average Bonchev–Trinajstić information content (AvgIpc) is 3.36. The van der Waals surface area contributed by atoms with Gasteiger partial charge in [0.1, 0.15) is 35.2 Å². The Morgan fingerprint density at radius 1 is 0.648 bits per heavy atom. The van der Waals surface area contributed by atoms with Gasteiger partial charge in [0, 0.05) is 39.2 Å². The number of aromatic hydroxyl groups is 2. The maximum atomic E-state index is 13.4. The third kappa shape index (κ3) is 12.2. The van der Waals surface area contributed by atoms with E-state index < -0.39 is 24.1 Å². The van der Waals surface area contributed by atoms with Gasteiger partial charge in [-0.05, 0) is 119 Å². The fraction of sp³-hybridized carbons (Fsp3) is 0.0392. The van der Waals surface area contributed by atoms with E-state index in [1.54, 1.807) is 91.0 Å². The normalized spacial score (nSPS) is 11.5. The Bertz CT molecular complexity index is 3450. The lowest BCUT2D eigenvalue weighted by Gasteiger charge is -2.11. The van der Waals surface area contributed by atoms with Gasteiger partial charge in [-0.1, -0.05) is 53.7 Å². The number of fused-ring (bicyclic) bond motifs is 2. The summed E-state index contributed by atoms with van der Waals surface area (Å²) in [6, 6.07) is 38.9. The molecule has 0 bridgehead atoms. The number of phenols is 2. The van der Waals surface area contributed by atoms with Crippen molar-refractivity contribution in [3.05, 3.63) is 191 Å². The molecule has 0 aliphatic carbocycles. The first-order valence-electron chi connectivity index (χ1n) is 20.9. The number of imide groups is 1. The molecule has 0 spiro atoms. The molecule has 0 saturated carbocycles. The number of ether oxygens (including phenoxy) is 1. The van der Waals surface area contributed by atoms with Crippen molar-refractivity contribution in [2.45, 2.75) is 13.0 Å². The number of carbonyl (C=O) groups excluding carboxylic acids is 3. The van der Waals surface area contributed by atoms with Gasteiger partial charge in [0.2, 0.25) is 6.40 Å². The second kappa shape index (κ2) is 21.2. The number of rotatable bonds is 15. The number of hydrogen-bond donors (Lipinski definition) is 5. The topological polar surface area (TPSA) is 222 Å². The highest BCUT2D eigenvalue weighted by atomic mass is 19.4. The minimum Gasteiger partial charge on any atom is -0.506 e. The molecule has 71 heavy (non-hydrogen) atoms. The van der Waals surface area contributed by atoms with Gasteiger partial charge in [-0.25, -0.2) is 15.1 Å². The largest absolute Gasteiger partial charge is 0.573 e. The standard InChI is InChI=1S/C51H34F3N9O8/c1-55-38-4-2-6-40(26-38)63-70-29-56-69-28-30-8-20-42-33(24-30)14-22-44(64)46(42)61-59-36-16-9-31(10-17-36)48(66)32-11-18-37(19-12-32)60-62-47-43-21-13-35(25-34(43)15-23-45(47)65)49(67)58-50(68)57-39-5-3-7-41(27-39)71-51(52,53)54/h2-27,29,63-65H,28H2,(H2,57,58,67,68). The number of ketones is 1. The third-order valence-electron chi connectivity index (χ3n) is 10.2. The lowest BCUT2D eigenvalue weighted by molar-refractivity contribution is -0.274. The molecule has 3 amide bonds. The number of benzene rings is 8. The molecule has 352 valence electrons. The molecule has 20 heteroatoms. The van der Waals surface area contributed by atoms with Crippen LogP contribution in [0.3, 0.4) is 0 Å². The fourth-order valence-electron chi connectivity index (χ4n) is 6.84. The number of hydrogen-bond acceptors (Lipinski definition) is 14. The molecule has 8 rings (SSSR count). The molecule has 17 nitrogen and oxygen atoms in total. The molecule has 5 N–H and O–H groups in total. The molecule has 0 aliphatic rings. The van der Waals surface area contributed by atoms with E-state index in [1.165, 1.54) is 48.5 Å². The molecule has 8 aromatic rings. The van der Waals surface area contributed by atoms with Crippen molar-refractivity contribution in [2.24, 2.45) is 25.6 Å². The van der Waals surface area contributed by atoms with Gasteiger partial charge in [-0.15, -0.1) is 23.4 Å². The average molecular weight is 958 g/mol. The molecular weight excluding hydrogens is 924 g/mol. The van der Waals surface area contributed by atoms with Crippen LogP contribution in [-0.2, 0) is 16.3 Å². The van der Waals surface area contributed by atoms with E-state index in [2.05, 4.69) is 51.3 Å². The van der Waals surface area contributed by atoms with Crippen molar-refractivity contribution < 1.29 is 52.2 Å². The van der Waals surface area contributed by atoms with E-state index in [0.717, 1.165) is 29.5 Å². The van der Waals surface area contributed by atoms with Crippen LogP contribution in [0.2, 0.25) is 0 Å². The zero-order valence-corrected chi connectivity index (χ0v) is 36.5. The lowest BCUT2D eigenvalue weighted by atomic mass is 10.0. The second-order valence-electron chi connectivity index (χ2n) is 15.0. The molecule has 0 atom stereocenters. The maximum absolute atomic E-state index is 13.4. The quantitative estimate of drug-likeness (QED) is 0.0164. The van der Waals surface area contributed by atoms with E-state index in [-0.39, 0.29) is 46.5 Å². The second-order valence-corrected chi connectivity index (χ2v) is 15.0. The van der Waals surface area contributed by atoms with E-state index >= 15 is 0 Å². The summed E-state index contributed by atoms with van der Waals surface area (Å²) in [5.74, 6) is -1.94. The summed E-state index contributed by atoms with van der Waals surface area (Å²) in [6.07, 6.45) is -3.84. The van der Waals surface area contributed by atoms with Gasteiger partial charge in [-0.2, -0.15) is 10.2 Å². The number of nitrogens with zero attached hydrogens (tertiary/aromatic N) is 6. The summed E-state index contributed by atoms with van der Waals surface area (Å²) >= 11 is 0. The molecular formula is C51H34F3N9O8. The number of alkyl halides is 3. The Labute approximate surface area is 399 Å². The Kier molecular flexibility index (Phi) is 14.1. The van der Waals surface area contributed by atoms with Crippen molar-refractivity contribution in [1.82, 2.24) is 5.32 Å². The van der Waals surface area contributed by atoms with Gasteiger partial charge in [0.05, 0.1) is 23.6 Å². The summed E-state index contributed by atoms with van der Waals surface area (Å²) in [4.78, 5) is 52.6. The van der Waals surface area contributed by atoms with E-state index in [1.807, 2.05) is 6.07 Å². The number of anilines is 2. The Morgan fingerprint density at radius 3 is 1.87 bits per heavy atom. The van der Waals surface area contributed by atoms with Gasteiger partial charge in [0.15, 0.2) is 11.5 Å². The van der Waals surface area contributed by atoms with Gasteiger partial charge in [0.25, 0.3) is 5.91 Å². The molecule has 0 aromatic heterocycles. The van der Waals surface area contributed by atoms with Crippen LogP contribution in [0.25, 0.3) is 26.4 Å². The van der Waals surface area contributed by atoms with Crippen LogP contribution < -0.4 is 20.9 Å². The van der Waals surface area contributed by atoms with Crippen molar-refractivity contribution in [3.63, 3.8) is 0 Å². The predicted molar refractivity (Wildman–Crippen MR) is 256 cm³/mol. The number of oxime groups is 1. The van der Waals surface area contributed by atoms with Crippen LogP contribution in [0.1, 0.15) is 31.8 Å². The van der Waals surface area contributed by atoms with Crippen LogP contribution in [-0.4, -0.2) is 40.7 Å². The van der Waals surface area contributed by atoms with Crippen molar-refractivity contribution in [1.29, 1.82) is 0 Å². The molecule has 0 radical (unpaired) electrons. The highest BCUT2D eigenvalue weighted by molar-refractivity contribution is 6.10. The van der Waals surface area contributed by atoms with Crippen molar-refractivity contribution in [2.75, 3.05) is 10.8 Å². The van der Waals surface area contributed by atoms with Crippen LogP contribution in [0.15, 0.2) is 183 Å². The minimum atomic E-state index is -4.93. The minimum absolute atomic E-state index is 0.0525. The zero-order valence-electron chi connectivity index (χ0n) is 36.5. The number of nitrogens with one attached hydrogen (secondary N) is 3. The van der Waals surface area contributed by atoms with Crippen LogP contribution in [0, 0.1) is 6.57 Å². The Hall–Kier alpha value is -10.2. The number of azo groups is 2. The van der Waals surface area contributed by atoms with E-state index in [4.69, 9.17) is 16.2 Å². The maximum Gasteiger partial charge on any atom is 0.573 e. The van der Waals surface area contributed by atoms with Crippen LogP contribution in [0.5, 0.6) is 17.2 Å². The number of urea groups is 1. The lowest BCUT2D eigenvalue weighted by Crippen LogP contribution is -2.34. The van der Waals surface area contributed by atoms with E-state index in [0.29, 0.717) is 50.0 Å². The number of amides is 3. The smallest absolute Gasteiger partial charge is 0.506 e. The Balaban J connectivity index is 0.854.